The molecule has 3 N–H and O–H groups in total. The number of nitrogens with zero attached hydrogens (tertiary/aromatic N) is 2. The fourth-order valence-electron chi connectivity index (χ4n) is 3.67. The molecule has 1 aromatic heterocycles. The number of methoxy groups -OCH3 is 1. The van der Waals surface area contributed by atoms with Gasteiger partial charge >= 0.3 is 5.97 Å². The maximum absolute atomic E-state index is 11.8. The predicted molar refractivity (Wildman–Crippen MR) is 139 cm³/mol. The lowest BCUT2D eigenvalue weighted by Crippen LogP contribution is -2.37. The van der Waals surface area contributed by atoms with Crippen molar-refractivity contribution >= 4 is 5.97 Å². The molecular weight excluding hydrogens is 458 g/mol. The first-order valence-electron chi connectivity index (χ1n) is 12.2. The van der Waals surface area contributed by atoms with Gasteiger partial charge in [-0.05, 0) is 62.9 Å². The van der Waals surface area contributed by atoms with Gasteiger partial charge in [0.2, 0.25) is 0 Å². The second kappa shape index (κ2) is 12.2. The summed E-state index contributed by atoms with van der Waals surface area (Å²) < 4.78 is 17.6. The number of hydrogen-bond acceptors (Lipinski definition) is 7. The molecule has 1 heterocycles. The molecular formula is C28H37N3O5. The molecule has 0 aliphatic heterocycles. The van der Waals surface area contributed by atoms with Crippen LogP contribution in [0.1, 0.15) is 44.9 Å². The molecule has 0 bridgehead atoms. The highest BCUT2D eigenvalue weighted by molar-refractivity contribution is 5.75. The van der Waals surface area contributed by atoms with Gasteiger partial charge in [0.1, 0.15) is 17.4 Å². The van der Waals surface area contributed by atoms with Gasteiger partial charge in [0.25, 0.3) is 0 Å². The first-order valence-corrected chi connectivity index (χ1v) is 12.2. The number of benzene rings is 2. The minimum atomic E-state index is -1.18. The Kier molecular flexibility index (Phi) is 9.25. The third-order valence-electron chi connectivity index (χ3n) is 6.15. The number of carbonyl (C=O) groups excluding carboxylic acids is 1. The number of aromatic nitrogens is 2. The number of nitrogens with two attached hydrogens (primary N) is 1. The van der Waals surface area contributed by atoms with Gasteiger partial charge in [-0.2, -0.15) is 5.10 Å². The molecule has 3 aromatic rings. The molecule has 0 aliphatic carbocycles. The van der Waals surface area contributed by atoms with E-state index < -0.39 is 17.6 Å². The van der Waals surface area contributed by atoms with Crippen LogP contribution < -0.4 is 10.5 Å². The maximum Gasteiger partial charge on any atom is 0.325 e. The molecule has 0 amide bonds. The van der Waals surface area contributed by atoms with Gasteiger partial charge in [-0.1, -0.05) is 43.7 Å². The van der Waals surface area contributed by atoms with E-state index >= 15 is 0 Å². The summed E-state index contributed by atoms with van der Waals surface area (Å²) >= 11 is 0. The molecule has 0 radical (unpaired) electrons. The summed E-state index contributed by atoms with van der Waals surface area (Å²) in [7, 11) is 1.63. The van der Waals surface area contributed by atoms with Crippen LogP contribution in [0.15, 0.2) is 54.6 Å². The minimum Gasteiger partial charge on any atom is -0.497 e. The zero-order valence-electron chi connectivity index (χ0n) is 21.7. The van der Waals surface area contributed by atoms with Crippen molar-refractivity contribution in [3.8, 4) is 22.7 Å². The SMILES string of the molecule is COc1ccc(-n2nc(C(C)(O)CCCOCOC(=O)[C@@H](N)C(C)C)cc2-c2ccc(C)cc2)cc1. The van der Waals surface area contributed by atoms with E-state index in [0.29, 0.717) is 25.1 Å². The Balaban J connectivity index is 1.70. The van der Waals surface area contributed by atoms with Gasteiger partial charge < -0.3 is 25.1 Å². The summed E-state index contributed by atoms with van der Waals surface area (Å²) in [5.74, 6) is 0.270. The van der Waals surface area contributed by atoms with Gasteiger partial charge in [0.15, 0.2) is 6.79 Å². The highest BCUT2D eigenvalue weighted by Gasteiger charge is 2.28. The smallest absolute Gasteiger partial charge is 0.325 e. The molecule has 0 saturated heterocycles. The van der Waals surface area contributed by atoms with E-state index in [1.54, 1.807) is 14.0 Å². The van der Waals surface area contributed by atoms with Crippen LogP contribution in [0.2, 0.25) is 0 Å². The van der Waals surface area contributed by atoms with Gasteiger partial charge in [-0.15, -0.1) is 0 Å². The Hall–Kier alpha value is -3.20. The summed E-state index contributed by atoms with van der Waals surface area (Å²) in [5.41, 5.74) is 9.03. The van der Waals surface area contributed by atoms with Crippen LogP contribution in [0, 0.1) is 12.8 Å². The van der Waals surface area contributed by atoms with Crippen LogP contribution in [-0.4, -0.2) is 47.4 Å². The Labute approximate surface area is 213 Å². The van der Waals surface area contributed by atoms with Crippen molar-refractivity contribution in [2.75, 3.05) is 20.5 Å². The number of aryl methyl sites for hydroxylation is 1. The molecule has 8 nitrogen and oxygen atoms in total. The van der Waals surface area contributed by atoms with Crippen molar-refractivity contribution in [1.82, 2.24) is 9.78 Å². The lowest BCUT2D eigenvalue weighted by atomic mass is 9.95. The average molecular weight is 496 g/mol. The zero-order valence-corrected chi connectivity index (χ0v) is 21.7. The van der Waals surface area contributed by atoms with Crippen molar-refractivity contribution in [3.63, 3.8) is 0 Å². The average Bonchev–Trinajstić information content (AvgIpc) is 3.32. The molecule has 1 unspecified atom stereocenters. The Morgan fingerprint density at radius 1 is 1.14 bits per heavy atom. The van der Waals surface area contributed by atoms with Crippen LogP contribution in [0.25, 0.3) is 16.9 Å². The molecule has 36 heavy (non-hydrogen) atoms. The molecule has 0 spiro atoms. The van der Waals surface area contributed by atoms with Crippen LogP contribution in [0.4, 0.5) is 0 Å². The third-order valence-corrected chi connectivity index (χ3v) is 6.15. The quantitative estimate of drug-likeness (QED) is 0.218. The van der Waals surface area contributed by atoms with Crippen molar-refractivity contribution in [2.24, 2.45) is 11.7 Å². The maximum atomic E-state index is 11.8. The zero-order chi connectivity index (χ0) is 26.3. The number of ether oxygens (including phenoxy) is 3. The van der Waals surface area contributed by atoms with Gasteiger partial charge in [0.05, 0.1) is 30.8 Å². The topological polar surface area (TPSA) is 109 Å². The first kappa shape index (κ1) is 27.4. The molecule has 0 saturated carbocycles. The fourth-order valence-corrected chi connectivity index (χ4v) is 3.67. The second-order valence-corrected chi connectivity index (χ2v) is 9.53. The van der Waals surface area contributed by atoms with E-state index in [-0.39, 0.29) is 12.7 Å². The van der Waals surface area contributed by atoms with Crippen LogP contribution in [-0.2, 0) is 19.9 Å². The summed E-state index contributed by atoms with van der Waals surface area (Å²) in [5, 5.41) is 16.1. The van der Waals surface area contributed by atoms with E-state index in [1.165, 1.54) is 5.56 Å². The third kappa shape index (κ3) is 6.94. The fraction of sp³-hybridized carbons (Fsp3) is 0.429. The van der Waals surface area contributed by atoms with Gasteiger partial charge in [-0.25, -0.2) is 4.68 Å². The molecule has 3 rings (SSSR count). The highest BCUT2D eigenvalue weighted by Crippen LogP contribution is 2.32. The minimum absolute atomic E-state index is 0.00452. The number of esters is 1. The van der Waals surface area contributed by atoms with Crippen molar-refractivity contribution in [1.29, 1.82) is 0 Å². The van der Waals surface area contributed by atoms with Crippen LogP contribution in [0.5, 0.6) is 5.75 Å². The van der Waals surface area contributed by atoms with Crippen molar-refractivity contribution in [3.05, 3.63) is 65.9 Å². The Morgan fingerprint density at radius 3 is 2.42 bits per heavy atom. The van der Waals surface area contributed by atoms with Crippen LogP contribution >= 0.6 is 0 Å². The summed E-state index contributed by atoms with van der Waals surface area (Å²) in [4.78, 5) is 11.8. The second-order valence-electron chi connectivity index (χ2n) is 9.53. The van der Waals surface area contributed by atoms with Gasteiger partial charge in [0, 0.05) is 5.56 Å². The number of aliphatic hydroxyl groups is 1. The molecule has 0 fully saturated rings. The van der Waals surface area contributed by atoms with E-state index in [1.807, 2.05) is 67.9 Å². The Morgan fingerprint density at radius 2 is 1.81 bits per heavy atom. The van der Waals surface area contributed by atoms with E-state index in [9.17, 15) is 9.90 Å². The first-order chi connectivity index (χ1) is 17.1. The largest absolute Gasteiger partial charge is 0.497 e. The highest BCUT2D eigenvalue weighted by atomic mass is 16.7. The molecule has 2 atom stereocenters. The van der Waals surface area contributed by atoms with Crippen molar-refractivity contribution < 1.29 is 24.1 Å². The molecule has 0 aliphatic rings. The summed E-state index contributed by atoms with van der Waals surface area (Å²) in [6.07, 6.45) is 0.968. The summed E-state index contributed by atoms with van der Waals surface area (Å²) in [6, 6.07) is 17.1. The van der Waals surface area contributed by atoms with E-state index in [4.69, 9.17) is 25.0 Å². The Bertz CT molecular complexity index is 1120. The molecule has 194 valence electrons. The lowest BCUT2D eigenvalue weighted by Gasteiger charge is -2.21. The molecule has 2 aromatic carbocycles. The number of rotatable bonds is 12. The van der Waals surface area contributed by atoms with Crippen LogP contribution in [0.3, 0.4) is 0 Å². The lowest BCUT2D eigenvalue weighted by molar-refractivity contribution is -0.159. The normalized spacial score (nSPS) is 13.9. The predicted octanol–water partition coefficient (Wildman–Crippen LogP) is 4.34. The standard InChI is InChI=1S/C28H37N3O5/c1-19(2)26(29)27(32)36-18-35-16-6-15-28(4,33)25-17-24(21-9-7-20(3)8-10-21)31(30-25)22-11-13-23(34-5)14-12-22/h7-14,17,19,26,33H,6,15-16,18,29H2,1-5H3/t26-,28?/m0/s1. The van der Waals surface area contributed by atoms with E-state index in [2.05, 4.69) is 12.1 Å². The number of carbonyl (C=O) groups is 1. The van der Waals surface area contributed by atoms with E-state index in [0.717, 1.165) is 22.7 Å². The number of hydrogen-bond donors (Lipinski definition) is 2. The summed E-state index contributed by atoms with van der Waals surface area (Å²) in [6.45, 7) is 7.66. The monoisotopic (exact) mass is 495 g/mol. The van der Waals surface area contributed by atoms with Gasteiger partial charge in [-0.3, -0.25) is 4.79 Å². The molecule has 8 heteroatoms. The van der Waals surface area contributed by atoms with Crippen molar-refractivity contribution in [2.45, 2.75) is 52.2 Å².